The van der Waals surface area contributed by atoms with Crippen LogP contribution in [0.4, 0.5) is 11.4 Å². The van der Waals surface area contributed by atoms with Crippen molar-refractivity contribution in [2.24, 2.45) is 5.92 Å². The molecule has 11 heteroatoms. The summed E-state index contributed by atoms with van der Waals surface area (Å²) in [7, 11) is -2.93. The molecule has 0 aliphatic carbocycles. The van der Waals surface area contributed by atoms with Gasteiger partial charge in [0.05, 0.1) is 37.4 Å². The Morgan fingerprint density at radius 2 is 1.95 bits per heavy atom. The number of aliphatic hydroxyl groups excluding tert-OH is 1. The number of carbonyl (C=O) groups excluding carboxylic acids is 3. The Morgan fingerprint density at radius 1 is 1.17 bits per heavy atom. The monoisotopic (exact) mass is 655 g/mol. The molecule has 1 spiro atoms. The molecule has 3 amide bonds. The number of β-lactam (4-membered cyclic amide) rings is 1. The minimum atomic E-state index is -2.93. The molecule has 0 aromatic heterocycles. The molecule has 9 nitrogen and oxygen atoms in total. The smallest absolute Gasteiger partial charge is 0.264 e. The van der Waals surface area contributed by atoms with Crippen molar-refractivity contribution >= 4 is 53.3 Å². The molecular formula is C31H38BrN3O6Si. The Labute approximate surface area is 255 Å². The fourth-order valence-corrected chi connectivity index (χ4v) is 10.6. The van der Waals surface area contributed by atoms with Crippen LogP contribution in [0.2, 0.25) is 18.6 Å². The molecule has 0 bridgehead atoms. The standard InChI is InChI=1S/C31H38BrN3O6Si/c1-19-29(42(2,3)40)26(16-28(38)33-12-5-8-23(33)18-36)41-31(19)24-15-21(32)9-10-25(24)35(30(31)39)17-20-6-4-7-22(14-20)34-13-11-27(34)37/h4,6-7,9-10,14-15,19,23,26,29,36,40H,5,8,11-13,16-18H2,1-3H3/t19-,23+,26+,29-,31+/m1/s1. The van der Waals surface area contributed by atoms with E-state index in [-0.39, 0.29) is 48.3 Å². The second-order valence-corrected chi connectivity index (χ2v) is 17.5. The van der Waals surface area contributed by atoms with Crippen molar-refractivity contribution in [3.8, 4) is 0 Å². The lowest BCUT2D eigenvalue weighted by atomic mass is 9.82. The molecule has 4 heterocycles. The molecule has 2 N–H and O–H groups in total. The molecule has 3 fully saturated rings. The van der Waals surface area contributed by atoms with Crippen LogP contribution in [0, 0.1) is 5.92 Å². The van der Waals surface area contributed by atoms with E-state index in [0.29, 0.717) is 26.1 Å². The van der Waals surface area contributed by atoms with Crippen molar-refractivity contribution < 1.29 is 29.0 Å². The van der Waals surface area contributed by atoms with E-state index in [0.717, 1.165) is 39.8 Å². The van der Waals surface area contributed by atoms with Gasteiger partial charge in [-0.3, -0.25) is 14.4 Å². The van der Waals surface area contributed by atoms with Crippen molar-refractivity contribution in [3.63, 3.8) is 0 Å². The van der Waals surface area contributed by atoms with E-state index >= 15 is 0 Å². The van der Waals surface area contributed by atoms with Crippen LogP contribution in [0.3, 0.4) is 0 Å². The number of fused-ring (bicyclic) bond motifs is 2. The summed E-state index contributed by atoms with van der Waals surface area (Å²) in [4.78, 5) is 57.0. The van der Waals surface area contributed by atoms with Crippen LogP contribution in [0.25, 0.3) is 0 Å². The minimum Gasteiger partial charge on any atom is -0.432 e. The zero-order chi connectivity index (χ0) is 30.0. The Balaban J connectivity index is 1.35. The minimum absolute atomic E-state index is 0.0484. The summed E-state index contributed by atoms with van der Waals surface area (Å²) in [5.41, 5.74) is 1.46. The molecule has 0 saturated carbocycles. The van der Waals surface area contributed by atoms with Gasteiger partial charge in [0.25, 0.3) is 5.91 Å². The van der Waals surface area contributed by atoms with Crippen LogP contribution in [-0.4, -0.2) is 72.7 Å². The number of aliphatic hydroxyl groups is 1. The number of carbonyl (C=O) groups is 3. The lowest BCUT2D eigenvalue weighted by Gasteiger charge is -2.33. The maximum absolute atomic E-state index is 14.6. The average Bonchev–Trinajstić information content (AvgIpc) is 3.58. The highest BCUT2D eigenvalue weighted by Gasteiger charge is 2.66. The predicted molar refractivity (Wildman–Crippen MR) is 164 cm³/mol. The second kappa shape index (κ2) is 10.9. The molecule has 5 atom stereocenters. The third-order valence-corrected chi connectivity index (χ3v) is 12.6. The van der Waals surface area contributed by atoms with Crippen LogP contribution in [0.1, 0.15) is 43.7 Å². The first-order valence-corrected chi connectivity index (χ1v) is 18.6. The van der Waals surface area contributed by atoms with Gasteiger partial charge in [0.2, 0.25) is 11.8 Å². The molecule has 224 valence electrons. The number of amides is 3. The fraction of sp³-hybridized carbons (Fsp3) is 0.516. The third-order valence-electron chi connectivity index (χ3n) is 9.64. The molecule has 6 rings (SSSR count). The highest BCUT2D eigenvalue weighted by Crippen LogP contribution is 2.60. The van der Waals surface area contributed by atoms with Gasteiger partial charge in [-0.25, -0.2) is 0 Å². The summed E-state index contributed by atoms with van der Waals surface area (Å²) < 4.78 is 7.63. The lowest BCUT2D eigenvalue weighted by Crippen LogP contribution is -2.46. The van der Waals surface area contributed by atoms with E-state index in [4.69, 9.17) is 4.74 Å². The van der Waals surface area contributed by atoms with Gasteiger partial charge in [-0.15, -0.1) is 0 Å². The van der Waals surface area contributed by atoms with Gasteiger partial charge in [0.15, 0.2) is 13.9 Å². The number of rotatable bonds is 7. The molecule has 2 aromatic carbocycles. The van der Waals surface area contributed by atoms with E-state index in [1.54, 1.807) is 14.7 Å². The number of hydrogen-bond acceptors (Lipinski definition) is 6. The van der Waals surface area contributed by atoms with Crippen molar-refractivity contribution in [1.29, 1.82) is 0 Å². The molecule has 4 aliphatic heterocycles. The summed E-state index contributed by atoms with van der Waals surface area (Å²) in [6.07, 6.45) is 1.56. The van der Waals surface area contributed by atoms with Crippen molar-refractivity contribution in [2.75, 3.05) is 29.5 Å². The van der Waals surface area contributed by atoms with Crippen molar-refractivity contribution in [3.05, 3.63) is 58.1 Å². The molecule has 42 heavy (non-hydrogen) atoms. The average molecular weight is 657 g/mol. The largest absolute Gasteiger partial charge is 0.432 e. The summed E-state index contributed by atoms with van der Waals surface area (Å²) in [5, 5.41) is 9.80. The van der Waals surface area contributed by atoms with E-state index in [9.17, 15) is 24.3 Å². The first kappa shape index (κ1) is 29.5. The predicted octanol–water partition coefficient (Wildman–Crippen LogP) is 3.90. The summed E-state index contributed by atoms with van der Waals surface area (Å²) in [6, 6.07) is 13.2. The van der Waals surface area contributed by atoms with Crippen LogP contribution in [0.15, 0.2) is 46.9 Å². The number of hydrogen-bond donors (Lipinski definition) is 2. The maximum Gasteiger partial charge on any atom is 0.264 e. The SMILES string of the molecule is C[C@@H]1[C@@H]([Si](C)(C)O)[C@H](CC(=O)N2CCC[C@H]2CO)O[C@@]12C(=O)N(Cc1cccc(N3CCC3=O)c1)c1ccc(Br)cc12. The maximum atomic E-state index is 14.6. The first-order valence-electron chi connectivity index (χ1n) is 14.8. The molecule has 2 aromatic rings. The van der Waals surface area contributed by atoms with E-state index in [2.05, 4.69) is 15.9 Å². The zero-order valence-corrected chi connectivity index (χ0v) is 26.8. The Hall–Kier alpha value is -2.57. The Bertz CT molecular complexity index is 1430. The molecule has 0 unspecified atom stereocenters. The van der Waals surface area contributed by atoms with Crippen LogP contribution >= 0.6 is 15.9 Å². The van der Waals surface area contributed by atoms with Crippen molar-refractivity contribution in [1.82, 2.24) is 4.90 Å². The number of halogens is 1. The molecule has 4 aliphatic rings. The van der Waals surface area contributed by atoms with Gasteiger partial charge in [0, 0.05) is 46.7 Å². The van der Waals surface area contributed by atoms with Crippen molar-refractivity contribution in [2.45, 2.75) is 75.5 Å². The molecular weight excluding hydrogens is 618 g/mol. The highest BCUT2D eigenvalue weighted by molar-refractivity contribution is 9.10. The fourth-order valence-electron chi connectivity index (χ4n) is 7.64. The molecule has 3 saturated heterocycles. The van der Waals surface area contributed by atoms with Gasteiger partial charge in [0.1, 0.15) is 0 Å². The van der Waals surface area contributed by atoms with E-state index in [1.807, 2.05) is 62.5 Å². The van der Waals surface area contributed by atoms with Crippen LogP contribution in [0.5, 0.6) is 0 Å². The summed E-state index contributed by atoms with van der Waals surface area (Å²) in [6.45, 7) is 7.16. The quantitative estimate of drug-likeness (QED) is 0.346. The number of nitrogens with zero attached hydrogens (tertiary/aromatic N) is 3. The Morgan fingerprint density at radius 3 is 2.62 bits per heavy atom. The number of likely N-dealkylation sites (tertiary alicyclic amines) is 1. The highest BCUT2D eigenvalue weighted by atomic mass is 79.9. The topological polar surface area (TPSA) is 111 Å². The van der Waals surface area contributed by atoms with Gasteiger partial charge < -0.3 is 29.3 Å². The molecule has 0 radical (unpaired) electrons. The summed E-state index contributed by atoms with van der Waals surface area (Å²) in [5.74, 6) is -0.613. The van der Waals surface area contributed by atoms with Crippen LogP contribution in [-0.2, 0) is 31.3 Å². The van der Waals surface area contributed by atoms with Gasteiger partial charge in [-0.2, -0.15) is 0 Å². The van der Waals surface area contributed by atoms with E-state index < -0.39 is 20.0 Å². The Kier molecular flexibility index (Phi) is 7.62. The van der Waals surface area contributed by atoms with Gasteiger partial charge >= 0.3 is 0 Å². The lowest BCUT2D eigenvalue weighted by molar-refractivity contribution is -0.150. The van der Waals surface area contributed by atoms with Crippen LogP contribution < -0.4 is 9.80 Å². The number of ether oxygens (including phenoxy) is 1. The third kappa shape index (κ3) is 4.73. The number of anilines is 2. The normalized spacial score (nSPS) is 29.0. The second-order valence-electron chi connectivity index (χ2n) is 12.6. The first-order chi connectivity index (χ1) is 20.0. The van der Waals surface area contributed by atoms with Gasteiger partial charge in [-0.05, 0) is 61.8 Å². The number of benzene rings is 2. The van der Waals surface area contributed by atoms with Gasteiger partial charge in [-0.1, -0.05) is 35.0 Å². The zero-order valence-electron chi connectivity index (χ0n) is 24.3. The van der Waals surface area contributed by atoms with E-state index in [1.165, 1.54) is 0 Å². The summed E-state index contributed by atoms with van der Waals surface area (Å²) >= 11 is 3.59.